The number of hydrogen-bond acceptors (Lipinski definition) is 7. The fraction of sp³-hybridized carbons (Fsp3) is 0.167. The Labute approximate surface area is 151 Å². The predicted octanol–water partition coefficient (Wildman–Crippen LogP) is 1.60. The van der Waals surface area contributed by atoms with Gasteiger partial charge < -0.3 is 24.4 Å². The number of benzene rings is 1. The van der Waals surface area contributed by atoms with E-state index in [0.717, 1.165) is 16.9 Å². The third-order valence-corrected chi connectivity index (χ3v) is 5.17. The molecule has 26 heavy (non-hydrogen) atoms. The molecule has 132 valence electrons. The number of nitrogens with zero attached hydrogens (tertiary/aromatic N) is 1. The van der Waals surface area contributed by atoms with E-state index in [0.29, 0.717) is 40.9 Å². The van der Waals surface area contributed by atoms with E-state index < -0.39 is 5.97 Å². The number of thiophene rings is 1. The molecular weight excluding hydrogens is 356 g/mol. The minimum atomic E-state index is -1.31. The summed E-state index contributed by atoms with van der Waals surface area (Å²) in [4.78, 5) is 30.8. The van der Waals surface area contributed by atoms with Gasteiger partial charge in [-0.2, -0.15) is 0 Å². The zero-order valence-corrected chi connectivity index (χ0v) is 14.5. The topological polar surface area (TPSA) is 104 Å². The van der Waals surface area contributed by atoms with E-state index in [1.54, 1.807) is 19.1 Å². The number of ether oxygens (including phenoxy) is 2. The fourth-order valence-electron chi connectivity index (χ4n) is 2.77. The second kappa shape index (κ2) is 6.30. The number of aromatic amines is 1. The van der Waals surface area contributed by atoms with E-state index in [1.807, 2.05) is 18.2 Å². The second-order valence-corrected chi connectivity index (χ2v) is 6.71. The van der Waals surface area contributed by atoms with Crippen molar-refractivity contribution in [3.8, 4) is 11.5 Å². The highest BCUT2D eigenvalue weighted by molar-refractivity contribution is 7.20. The van der Waals surface area contributed by atoms with E-state index in [2.05, 4.69) is 9.97 Å². The van der Waals surface area contributed by atoms with Crippen LogP contribution in [0.1, 0.15) is 26.6 Å². The van der Waals surface area contributed by atoms with Crippen LogP contribution in [0.2, 0.25) is 0 Å². The number of aryl methyl sites for hydroxylation is 1. The minimum Gasteiger partial charge on any atom is -0.544 e. The Morgan fingerprint density at radius 1 is 1.27 bits per heavy atom. The number of fused-ring (bicyclic) bond motifs is 2. The van der Waals surface area contributed by atoms with Gasteiger partial charge in [-0.05, 0) is 36.3 Å². The number of H-pyrrole nitrogens is 1. The zero-order chi connectivity index (χ0) is 18.3. The standard InChI is InChI=1S/C18H14N2O5S/c1-9-14-16(21)19-13(20-17(14)26-15(9)18(22)23)5-3-10-2-4-11-12(8-10)25-7-6-24-11/h2-5,8H,6-7H2,1H3,(H,22,23)(H,19,20,21)/p-1/b5-3+. The lowest BCUT2D eigenvalue weighted by molar-refractivity contribution is -0.254. The van der Waals surface area contributed by atoms with E-state index >= 15 is 0 Å². The van der Waals surface area contributed by atoms with Gasteiger partial charge in [0.1, 0.15) is 23.9 Å². The molecule has 3 heterocycles. The lowest BCUT2D eigenvalue weighted by Crippen LogP contribution is -2.21. The molecule has 0 atom stereocenters. The Morgan fingerprint density at radius 3 is 2.81 bits per heavy atom. The third-order valence-electron chi connectivity index (χ3n) is 4.00. The lowest BCUT2D eigenvalue weighted by Gasteiger charge is -2.18. The van der Waals surface area contributed by atoms with Crippen molar-refractivity contribution in [3.05, 3.63) is 50.4 Å². The van der Waals surface area contributed by atoms with Gasteiger partial charge in [0.15, 0.2) is 11.5 Å². The van der Waals surface area contributed by atoms with Crippen LogP contribution in [0.25, 0.3) is 22.4 Å². The summed E-state index contributed by atoms with van der Waals surface area (Å²) in [7, 11) is 0. The summed E-state index contributed by atoms with van der Waals surface area (Å²) >= 11 is 0.937. The van der Waals surface area contributed by atoms with Crippen LogP contribution < -0.4 is 20.1 Å². The number of hydrogen-bond donors (Lipinski definition) is 1. The lowest BCUT2D eigenvalue weighted by atomic mass is 10.1. The molecule has 8 heteroatoms. The summed E-state index contributed by atoms with van der Waals surface area (Å²) in [5, 5.41) is 11.4. The van der Waals surface area contributed by atoms with Crippen molar-refractivity contribution < 1.29 is 19.4 Å². The van der Waals surface area contributed by atoms with Crippen LogP contribution in [0.4, 0.5) is 0 Å². The molecule has 1 aliphatic rings. The molecule has 3 aromatic rings. The van der Waals surface area contributed by atoms with E-state index in [-0.39, 0.29) is 15.8 Å². The van der Waals surface area contributed by atoms with Crippen LogP contribution in [-0.2, 0) is 0 Å². The van der Waals surface area contributed by atoms with Gasteiger partial charge in [0.05, 0.1) is 16.2 Å². The van der Waals surface area contributed by atoms with Crippen molar-refractivity contribution in [2.24, 2.45) is 0 Å². The number of carbonyl (C=O) groups is 1. The Kier molecular flexibility index (Phi) is 3.96. The number of carboxylic acid groups (broad SMARTS) is 1. The van der Waals surface area contributed by atoms with Crippen molar-refractivity contribution in [1.82, 2.24) is 9.97 Å². The van der Waals surface area contributed by atoms with Crippen LogP contribution in [0.15, 0.2) is 23.0 Å². The molecule has 4 rings (SSSR count). The predicted molar refractivity (Wildman–Crippen MR) is 95.7 cm³/mol. The Bertz CT molecular complexity index is 1110. The Balaban J connectivity index is 1.70. The molecule has 0 aliphatic carbocycles. The molecule has 1 N–H and O–H groups in total. The number of carboxylic acids is 1. The maximum absolute atomic E-state index is 12.3. The first-order valence-corrected chi connectivity index (χ1v) is 8.67. The van der Waals surface area contributed by atoms with Gasteiger partial charge in [-0.3, -0.25) is 4.79 Å². The largest absolute Gasteiger partial charge is 0.544 e. The zero-order valence-electron chi connectivity index (χ0n) is 13.7. The summed E-state index contributed by atoms with van der Waals surface area (Å²) < 4.78 is 11.0. The molecule has 1 aliphatic heterocycles. The van der Waals surface area contributed by atoms with E-state index in [4.69, 9.17) is 9.47 Å². The summed E-state index contributed by atoms with van der Waals surface area (Å²) in [6.07, 6.45) is 3.43. The smallest absolute Gasteiger partial charge is 0.260 e. The van der Waals surface area contributed by atoms with Crippen LogP contribution in [0.3, 0.4) is 0 Å². The molecule has 0 saturated heterocycles. The van der Waals surface area contributed by atoms with Gasteiger partial charge >= 0.3 is 0 Å². The Hall–Kier alpha value is -3.13. The second-order valence-electron chi connectivity index (χ2n) is 5.71. The highest BCUT2D eigenvalue weighted by atomic mass is 32.1. The molecule has 0 bridgehead atoms. The SMILES string of the molecule is Cc1c(C(=O)[O-])sc2nc(/C=C/c3ccc4c(c3)OCCO4)[nH]c(=O)c12. The van der Waals surface area contributed by atoms with Crippen molar-refractivity contribution in [1.29, 1.82) is 0 Å². The van der Waals surface area contributed by atoms with Gasteiger partial charge in [0.2, 0.25) is 0 Å². The maximum Gasteiger partial charge on any atom is 0.260 e. The summed E-state index contributed by atoms with van der Waals surface area (Å²) in [6.45, 7) is 2.61. The number of nitrogens with one attached hydrogen (secondary N) is 1. The molecule has 0 saturated carbocycles. The maximum atomic E-state index is 12.3. The Morgan fingerprint density at radius 2 is 2.04 bits per heavy atom. The quantitative estimate of drug-likeness (QED) is 0.752. The van der Waals surface area contributed by atoms with Crippen LogP contribution in [0, 0.1) is 6.92 Å². The molecule has 0 amide bonds. The van der Waals surface area contributed by atoms with Crippen LogP contribution >= 0.6 is 11.3 Å². The summed E-state index contributed by atoms with van der Waals surface area (Å²) in [6, 6.07) is 5.53. The van der Waals surface area contributed by atoms with Gasteiger partial charge in [-0.25, -0.2) is 4.98 Å². The summed E-state index contributed by atoms with van der Waals surface area (Å²) in [5.41, 5.74) is 0.856. The van der Waals surface area contributed by atoms with Crippen LogP contribution in [0.5, 0.6) is 11.5 Å². The molecule has 2 aromatic heterocycles. The molecule has 0 spiro atoms. The van der Waals surface area contributed by atoms with Crippen molar-refractivity contribution >= 4 is 39.7 Å². The fourth-order valence-corrected chi connectivity index (χ4v) is 3.80. The first-order valence-electron chi connectivity index (χ1n) is 7.85. The van der Waals surface area contributed by atoms with E-state index in [1.165, 1.54) is 0 Å². The highest BCUT2D eigenvalue weighted by Crippen LogP contribution is 2.31. The van der Waals surface area contributed by atoms with Crippen molar-refractivity contribution in [3.63, 3.8) is 0 Å². The number of aromatic carboxylic acids is 1. The molecule has 0 fully saturated rings. The first kappa shape index (κ1) is 16.3. The number of carbonyl (C=O) groups excluding carboxylic acids is 1. The highest BCUT2D eigenvalue weighted by Gasteiger charge is 2.14. The van der Waals surface area contributed by atoms with Gasteiger partial charge in [-0.1, -0.05) is 12.1 Å². The summed E-state index contributed by atoms with van der Waals surface area (Å²) in [5.74, 6) is 0.398. The molecule has 0 radical (unpaired) electrons. The number of rotatable bonds is 3. The average Bonchev–Trinajstić information content (AvgIpc) is 2.97. The number of aromatic nitrogens is 2. The normalized spacial score (nSPS) is 13.4. The molecule has 0 unspecified atom stereocenters. The van der Waals surface area contributed by atoms with Gasteiger partial charge in [-0.15, -0.1) is 11.3 Å². The van der Waals surface area contributed by atoms with E-state index in [9.17, 15) is 14.7 Å². The molecular formula is C18H13N2O5S-. The van der Waals surface area contributed by atoms with Crippen molar-refractivity contribution in [2.75, 3.05) is 13.2 Å². The van der Waals surface area contributed by atoms with Crippen molar-refractivity contribution in [2.45, 2.75) is 6.92 Å². The molecule has 7 nitrogen and oxygen atoms in total. The monoisotopic (exact) mass is 369 g/mol. The average molecular weight is 369 g/mol. The van der Waals surface area contributed by atoms with Gasteiger partial charge in [0.25, 0.3) is 5.56 Å². The van der Waals surface area contributed by atoms with Crippen LogP contribution in [-0.4, -0.2) is 29.2 Å². The minimum absolute atomic E-state index is 0.0194. The first-order chi connectivity index (χ1) is 12.5. The third kappa shape index (κ3) is 2.84. The van der Waals surface area contributed by atoms with Gasteiger partial charge in [0, 0.05) is 0 Å². The molecule has 1 aromatic carbocycles.